The molecule has 4 N–H and O–H groups in total. The molecule has 3 aromatic rings. The Balaban J connectivity index is 0.000000944. The summed E-state index contributed by atoms with van der Waals surface area (Å²) in [5.74, 6) is -5.49. The number of nitrogens with two attached hydrogens (primary N) is 1. The van der Waals surface area contributed by atoms with Crippen LogP contribution in [0.4, 0.5) is 22.0 Å². The van der Waals surface area contributed by atoms with Crippen LogP contribution in [0.1, 0.15) is 51.4 Å². The molecule has 0 aliphatic carbocycles. The maximum absolute atomic E-state index is 14.9. The smallest absolute Gasteiger partial charge is 0.475 e. The van der Waals surface area contributed by atoms with Gasteiger partial charge in [-0.1, -0.05) is 51.1 Å². The SMILES string of the molecule is CC(=O)N(CC[C@H](N)C(=O)NCCN1C(=O)C=CC1=O)[C@@H](c1cc(-c2cc(F)ccc2F)cn1Cc1ccccc1)C(C)(C)C.O=C(O)C(F)(F)F. The van der Waals surface area contributed by atoms with E-state index < -0.39 is 59.0 Å². The number of nitrogens with one attached hydrogen (secondary N) is 1. The zero-order valence-electron chi connectivity index (χ0n) is 28.9. The van der Waals surface area contributed by atoms with Gasteiger partial charge in [-0.05, 0) is 41.7 Å². The van der Waals surface area contributed by atoms with Gasteiger partial charge in [0.15, 0.2) is 0 Å². The van der Waals surface area contributed by atoms with Gasteiger partial charge in [0.1, 0.15) is 11.6 Å². The van der Waals surface area contributed by atoms with Crippen LogP contribution in [0.2, 0.25) is 0 Å². The molecular formula is C36H40F5N5O6. The molecule has 2 aromatic carbocycles. The van der Waals surface area contributed by atoms with Crippen molar-refractivity contribution in [3.63, 3.8) is 0 Å². The van der Waals surface area contributed by atoms with Crippen LogP contribution in [0, 0.1) is 17.0 Å². The van der Waals surface area contributed by atoms with Crippen molar-refractivity contribution < 1.29 is 51.0 Å². The molecule has 0 unspecified atom stereocenters. The first-order valence-corrected chi connectivity index (χ1v) is 16.0. The molecule has 0 bridgehead atoms. The summed E-state index contributed by atoms with van der Waals surface area (Å²) in [7, 11) is 0. The van der Waals surface area contributed by atoms with E-state index in [-0.39, 0.29) is 37.5 Å². The quantitative estimate of drug-likeness (QED) is 0.178. The van der Waals surface area contributed by atoms with Crippen molar-refractivity contribution in [3.8, 4) is 11.1 Å². The van der Waals surface area contributed by atoms with E-state index in [4.69, 9.17) is 15.6 Å². The Kier molecular flexibility index (Phi) is 13.6. The zero-order valence-corrected chi connectivity index (χ0v) is 28.9. The molecule has 280 valence electrons. The van der Waals surface area contributed by atoms with Crippen LogP contribution >= 0.6 is 0 Å². The third kappa shape index (κ3) is 11.1. The van der Waals surface area contributed by atoms with Gasteiger partial charge in [-0.15, -0.1) is 0 Å². The number of nitrogens with zero attached hydrogens (tertiary/aromatic N) is 3. The van der Waals surface area contributed by atoms with Crippen molar-refractivity contribution in [1.29, 1.82) is 0 Å². The van der Waals surface area contributed by atoms with Crippen molar-refractivity contribution in [1.82, 2.24) is 19.7 Å². The number of aromatic nitrogens is 1. The highest BCUT2D eigenvalue weighted by Crippen LogP contribution is 2.41. The highest BCUT2D eigenvalue weighted by molar-refractivity contribution is 6.12. The predicted molar refractivity (Wildman–Crippen MR) is 180 cm³/mol. The predicted octanol–water partition coefficient (Wildman–Crippen LogP) is 4.81. The summed E-state index contributed by atoms with van der Waals surface area (Å²) >= 11 is 0. The van der Waals surface area contributed by atoms with Crippen molar-refractivity contribution in [2.75, 3.05) is 19.6 Å². The number of halogens is 5. The lowest BCUT2D eigenvalue weighted by Crippen LogP contribution is -2.47. The van der Waals surface area contributed by atoms with Gasteiger partial charge in [0.05, 0.1) is 12.1 Å². The van der Waals surface area contributed by atoms with Crippen LogP contribution in [-0.4, -0.2) is 80.9 Å². The Bertz CT molecular complexity index is 1780. The molecule has 52 heavy (non-hydrogen) atoms. The first kappa shape index (κ1) is 41.0. The number of carboxylic acid groups (broad SMARTS) is 1. The first-order chi connectivity index (χ1) is 24.2. The van der Waals surface area contributed by atoms with Gasteiger partial charge in [-0.3, -0.25) is 24.1 Å². The lowest BCUT2D eigenvalue weighted by molar-refractivity contribution is -0.192. The molecule has 2 heterocycles. The molecule has 0 saturated heterocycles. The third-order valence-corrected chi connectivity index (χ3v) is 7.98. The van der Waals surface area contributed by atoms with Crippen LogP contribution in [-0.2, 0) is 30.5 Å². The fourth-order valence-electron chi connectivity index (χ4n) is 5.56. The largest absolute Gasteiger partial charge is 0.490 e. The van der Waals surface area contributed by atoms with Gasteiger partial charge in [0.25, 0.3) is 11.8 Å². The number of carboxylic acids is 1. The first-order valence-electron chi connectivity index (χ1n) is 16.0. The number of carbonyl (C=O) groups excluding carboxylic acids is 4. The summed E-state index contributed by atoms with van der Waals surface area (Å²) in [5.41, 5.74) is 7.96. The number of benzene rings is 2. The summed E-state index contributed by atoms with van der Waals surface area (Å²) in [5, 5.41) is 9.78. The van der Waals surface area contributed by atoms with Crippen molar-refractivity contribution in [2.45, 2.75) is 58.9 Å². The number of hydrogen-bond donors (Lipinski definition) is 3. The van der Waals surface area contributed by atoms with E-state index in [1.807, 2.05) is 55.7 Å². The Morgan fingerprint density at radius 3 is 2.10 bits per heavy atom. The minimum Gasteiger partial charge on any atom is -0.475 e. The number of hydrogen-bond acceptors (Lipinski definition) is 6. The monoisotopic (exact) mass is 733 g/mol. The number of carbonyl (C=O) groups is 5. The van der Waals surface area contributed by atoms with Crippen LogP contribution < -0.4 is 11.1 Å². The molecule has 1 aromatic heterocycles. The van der Waals surface area contributed by atoms with Gasteiger partial charge in [-0.25, -0.2) is 13.6 Å². The minimum atomic E-state index is -5.08. The lowest BCUT2D eigenvalue weighted by Gasteiger charge is -2.41. The second-order valence-corrected chi connectivity index (χ2v) is 13.0. The van der Waals surface area contributed by atoms with E-state index in [1.54, 1.807) is 17.2 Å². The molecule has 0 radical (unpaired) electrons. The molecule has 1 aliphatic rings. The van der Waals surface area contributed by atoms with Gasteiger partial charge in [-0.2, -0.15) is 13.2 Å². The second kappa shape index (κ2) is 17.2. The molecule has 1 aliphatic heterocycles. The van der Waals surface area contributed by atoms with E-state index in [9.17, 15) is 41.1 Å². The van der Waals surface area contributed by atoms with E-state index in [0.29, 0.717) is 17.8 Å². The standard InChI is InChI=1S/C34H39F2N5O4.C2HF3O2/c1-22(42)40(16-14-28(37)33(45)38-15-17-41-30(43)12-13-31(41)44)32(34(2,3)4)29-18-24(26-19-25(35)10-11-27(26)36)21-39(29)20-23-8-6-5-7-9-23;3-2(4,5)1(6)7/h5-13,18-19,21,28,32H,14-17,20,37H2,1-4H3,(H,38,45);(H,6,7)/t28-,32-;/m0./s1. The number of imide groups is 1. The fraction of sp³-hybridized carbons (Fsp3) is 0.361. The van der Waals surface area contributed by atoms with E-state index >= 15 is 0 Å². The topological polar surface area (TPSA) is 155 Å². The number of amides is 4. The third-order valence-electron chi connectivity index (χ3n) is 7.98. The molecule has 11 nitrogen and oxygen atoms in total. The highest BCUT2D eigenvalue weighted by atomic mass is 19.4. The molecule has 0 saturated carbocycles. The number of aliphatic carboxylic acids is 1. The van der Waals surface area contributed by atoms with E-state index in [0.717, 1.165) is 28.7 Å². The number of rotatable bonds is 12. The average molecular weight is 734 g/mol. The Morgan fingerprint density at radius 2 is 1.56 bits per heavy atom. The molecule has 16 heteroatoms. The van der Waals surface area contributed by atoms with Crippen LogP contribution in [0.5, 0.6) is 0 Å². The Hall–Kier alpha value is -5.38. The van der Waals surface area contributed by atoms with Gasteiger partial charge < -0.3 is 25.6 Å². The van der Waals surface area contributed by atoms with Crippen LogP contribution in [0.25, 0.3) is 11.1 Å². The van der Waals surface area contributed by atoms with Gasteiger partial charge in [0.2, 0.25) is 11.8 Å². The van der Waals surface area contributed by atoms with E-state index in [1.165, 1.54) is 19.1 Å². The highest BCUT2D eigenvalue weighted by Gasteiger charge is 2.38. The summed E-state index contributed by atoms with van der Waals surface area (Å²) in [6.45, 7) is 8.01. The second-order valence-electron chi connectivity index (χ2n) is 13.0. The van der Waals surface area contributed by atoms with Gasteiger partial charge >= 0.3 is 12.1 Å². The maximum atomic E-state index is 14.9. The van der Waals surface area contributed by atoms with Crippen molar-refractivity contribution in [3.05, 3.63) is 95.8 Å². The molecule has 2 atom stereocenters. The van der Waals surface area contributed by atoms with Crippen molar-refractivity contribution >= 4 is 29.6 Å². The number of alkyl halides is 3. The van der Waals surface area contributed by atoms with E-state index in [2.05, 4.69) is 5.32 Å². The maximum Gasteiger partial charge on any atom is 0.490 e. The molecule has 4 amide bonds. The fourth-order valence-corrected chi connectivity index (χ4v) is 5.56. The summed E-state index contributed by atoms with van der Waals surface area (Å²) in [4.78, 5) is 61.0. The zero-order chi connectivity index (χ0) is 39.0. The van der Waals surface area contributed by atoms with Crippen LogP contribution in [0.3, 0.4) is 0 Å². The molecule has 4 rings (SSSR count). The molecule has 0 fully saturated rings. The molecule has 0 spiro atoms. The van der Waals surface area contributed by atoms with Crippen LogP contribution in [0.15, 0.2) is 72.9 Å². The van der Waals surface area contributed by atoms with Crippen molar-refractivity contribution in [2.24, 2.45) is 11.1 Å². The van der Waals surface area contributed by atoms with Gasteiger partial charge in [0, 0.05) is 68.3 Å². The normalized spacial score (nSPS) is 14.1. The Labute approximate surface area is 296 Å². The Morgan fingerprint density at radius 1 is 0.962 bits per heavy atom. The lowest BCUT2D eigenvalue weighted by atomic mass is 9.82. The summed E-state index contributed by atoms with van der Waals surface area (Å²) < 4.78 is 62.8. The summed E-state index contributed by atoms with van der Waals surface area (Å²) in [6, 6.07) is 13.3. The summed E-state index contributed by atoms with van der Waals surface area (Å²) in [6.07, 6.45) is -0.842. The average Bonchev–Trinajstić information content (AvgIpc) is 3.60. The molecular weight excluding hydrogens is 693 g/mol. The minimum absolute atomic E-state index is 0.0153.